The Bertz CT molecular complexity index is 1010. The SMILES string of the molecule is Cc1c(C)c(OCCc2ccccc2)c2ccccc2c1OCCc1ccccc1. The minimum atomic E-state index is 0.655. The van der Waals surface area contributed by atoms with Crippen LogP contribution in [0.5, 0.6) is 11.5 Å². The van der Waals surface area contributed by atoms with E-state index in [1.165, 1.54) is 11.1 Å². The van der Waals surface area contributed by atoms with Gasteiger partial charge < -0.3 is 9.47 Å². The molecule has 0 radical (unpaired) electrons. The Labute approximate surface area is 179 Å². The molecule has 0 aliphatic rings. The van der Waals surface area contributed by atoms with Gasteiger partial charge in [-0.1, -0.05) is 84.9 Å². The van der Waals surface area contributed by atoms with Crippen LogP contribution in [0.2, 0.25) is 0 Å². The van der Waals surface area contributed by atoms with Gasteiger partial charge in [-0.05, 0) is 36.1 Å². The van der Waals surface area contributed by atoms with Crippen molar-refractivity contribution in [1.29, 1.82) is 0 Å². The number of rotatable bonds is 8. The highest BCUT2D eigenvalue weighted by Gasteiger charge is 2.16. The Morgan fingerprint density at radius 3 is 1.27 bits per heavy atom. The first-order valence-electron chi connectivity index (χ1n) is 10.6. The highest BCUT2D eigenvalue weighted by atomic mass is 16.5. The van der Waals surface area contributed by atoms with E-state index in [-0.39, 0.29) is 0 Å². The van der Waals surface area contributed by atoms with Crippen molar-refractivity contribution in [3.8, 4) is 11.5 Å². The molecule has 0 aliphatic carbocycles. The highest BCUT2D eigenvalue weighted by molar-refractivity contribution is 5.95. The van der Waals surface area contributed by atoms with Gasteiger partial charge in [0.05, 0.1) is 13.2 Å². The maximum Gasteiger partial charge on any atom is 0.130 e. The van der Waals surface area contributed by atoms with Gasteiger partial charge in [-0.2, -0.15) is 0 Å². The predicted molar refractivity (Wildman–Crippen MR) is 125 cm³/mol. The van der Waals surface area contributed by atoms with Crippen molar-refractivity contribution in [1.82, 2.24) is 0 Å². The number of fused-ring (bicyclic) bond motifs is 1. The first-order valence-corrected chi connectivity index (χ1v) is 10.6. The van der Waals surface area contributed by atoms with Crippen molar-refractivity contribution in [2.24, 2.45) is 0 Å². The zero-order valence-corrected chi connectivity index (χ0v) is 17.7. The summed E-state index contributed by atoms with van der Waals surface area (Å²) in [7, 11) is 0. The van der Waals surface area contributed by atoms with E-state index in [1.807, 2.05) is 12.1 Å². The quantitative estimate of drug-likeness (QED) is 0.330. The summed E-state index contributed by atoms with van der Waals surface area (Å²) in [5, 5.41) is 2.23. The number of ether oxygens (including phenoxy) is 2. The monoisotopic (exact) mass is 396 g/mol. The lowest BCUT2D eigenvalue weighted by Crippen LogP contribution is -2.07. The van der Waals surface area contributed by atoms with Crippen LogP contribution in [0.15, 0.2) is 84.9 Å². The maximum atomic E-state index is 6.31. The summed E-state index contributed by atoms with van der Waals surface area (Å²) in [6.45, 7) is 5.57. The van der Waals surface area contributed by atoms with Gasteiger partial charge in [0.1, 0.15) is 11.5 Å². The minimum absolute atomic E-state index is 0.655. The van der Waals surface area contributed by atoms with Crippen molar-refractivity contribution in [2.75, 3.05) is 13.2 Å². The normalized spacial score (nSPS) is 10.9. The third-order valence-electron chi connectivity index (χ3n) is 5.62. The Balaban J connectivity index is 1.55. The molecule has 0 saturated carbocycles. The topological polar surface area (TPSA) is 18.5 Å². The third-order valence-corrected chi connectivity index (χ3v) is 5.62. The molecule has 0 bridgehead atoms. The second-order valence-corrected chi connectivity index (χ2v) is 7.62. The molecule has 0 N–H and O–H groups in total. The zero-order chi connectivity index (χ0) is 20.8. The molecule has 4 aromatic rings. The van der Waals surface area contributed by atoms with E-state index in [4.69, 9.17) is 9.47 Å². The molecule has 30 heavy (non-hydrogen) atoms. The summed E-state index contributed by atoms with van der Waals surface area (Å²) in [5.74, 6) is 1.93. The van der Waals surface area contributed by atoms with E-state index in [0.717, 1.165) is 46.2 Å². The smallest absolute Gasteiger partial charge is 0.130 e. The van der Waals surface area contributed by atoms with E-state index in [9.17, 15) is 0 Å². The fourth-order valence-electron chi connectivity index (χ4n) is 3.83. The number of hydrogen-bond acceptors (Lipinski definition) is 2. The Morgan fingerprint density at radius 2 is 0.867 bits per heavy atom. The van der Waals surface area contributed by atoms with Gasteiger partial charge in [-0.25, -0.2) is 0 Å². The van der Waals surface area contributed by atoms with E-state index < -0.39 is 0 Å². The molecule has 0 spiro atoms. The molecule has 0 atom stereocenters. The van der Waals surface area contributed by atoms with Crippen LogP contribution in [0.4, 0.5) is 0 Å². The van der Waals surface area contributed by atoms with E-state index >= 15 is 0 Å². The van der Waals surface area contributed by atoms with Crippen molar-refractivity contribution < 1.29 is 9.47 Å². The van der Waals surface area contributed by atoms with Gasteiger partial charge in [-0.15, -0.1) is 0 Å². The molecule has 0 aliphatic heterocycles. The van der Waals surface area contributed by atoms with Gasteiger partial charge >= 0.3 is 0 Å². The minimum Gasteiger partial charge on any atom is -0.492 e. The number of hydrogen-bond donors (Lipinski definition) is 0. The summed E-state index contributed by atoms with van der Waals surface area (Å²) in [5.41, 5.74) is 4.88. The lowest BCUT2D eigenvalue weighted by atomic mass is 9.99. The molecule has 0 aromatic heterocycles. The average molecular weight is 397 g/mol. The average Bonchev–Trinajstić information content (AvgIpc) is 2.80. The summed E-state index contributed by atoms with van der Waals surface area (Å²) in [6, 6.07) is 29.3. The summed E-state index contributed by atoms with van der Waals surface area (Å²) < 4.78 is 12.6. The van der Waals surface area contributed by atoms with Crippen LogP contribution in [0, 0.1) is 13.8 Å². The zero-order valence-electron chi connectivity index (χ0n) is 17.7. The molecule has 0 saturated heterocycles. The molecule has 0 heterocycles. The lowest BCUT2D eigenvalue weighted by molar-refractivity contribution is 0.315. The molecule has 152 valence electrons. The first-order chi connectivity index (χ1) is 14.7. The molecule has 2 heteroatoms. The Morgan fingerprint density at radius 1 is 0.500 bits per heavy atom. The standard InChI is InChI=1S/C28H28O2/c1-21-22(2)28(30-20-18-24-13-7-4-8-14-24)26-16-10-9-15-25(26)27(21)29-19-17-23-11-5-3-6-12-23/h3-16H,17-20H2,1-2H3. The Kier molecular flexibility index (Phi) is 6.34. The van der Waals surface area contributed by atoms with Gasteiger partial charge in [-0.3, -0.25) is 0 Å². The molecular formula is C28H28O2. The summed E-state index contributed by atoms with van der Waals surface area (Å²) in [6.07, 6.45) is 1.78. The molecule has 0 amide bonds. The van der Waals surface area contributed by atoms with E-state index in [1.54, 1.807) is 0 Å². The third kappa shape index (κ3) is 4.49. The van der Waals surface area contributed by atoms with E-state index in [2.05, 4.69) is 86.6 Å². The van der Waals surface area contributed by atoms with Crippen LogP contribution in [0.1, 0.15) is 22.3 Å². The molecule has 4 aromatic carbocycles. The molecule has 0 unspecified atom stereocenters. The maximum absolute atomic E-state index is 6.31. The molecule has 2 nitrogen and oxygen atoms in total. The first kappa shape index (κ1) is 20.0. The van der Waals surface area contributed by atoms with Gasteiger partial charge in [0.2, 0.25) is 0 Å². The fraction of sp³-hybridized carbons (Fsp3) is 0.214. The second-order valence-electron chi connectivity index (χ2n) is 7.62. The molecular weight excluding hydrogens is 368 g/mol. The van der Waals surface area contributed by atoms with E-state index in [0.29, 0.717) is 13.2 Å². The van der Waals surface area contributed by atoms with Gasteiger partial charge in [0.15, 0.2) is 0 Å². The summed E-state index contributed by atoms with van der Waals surface area (Å²) in [4.78, 5) is 0. The van der Waals surface area contributed by atoms with Crippen molar-refractivity contribution in [2.45, 2.75) is 26.7 Å². The van der Waals surface area contributed by atoms with Crippen LogP contribution >= 0.6 is 0 Å². The van der Waals surface area contributed by atoms with Gasteiger partial charge in [0, 0.05) is 23.6 Å². The van der Waals surface area contributed by atoms with Crippen molar-refractivity contribution in [3.05, 3.63) is 107 Å². The van der Waals surface area contributed by atoms with Crippen molar-refractivity contribution in [3.63, 3.8) is 0 Å². The molecule has 4 rings (SSSR count). The number of benzene rings is 4. The summed E-state index contributed by atoms with van der Waals surface area (Å²) >= 11 is 0. The van der Waals surface area contributed by atoms with Crippen LogP contribution in [-0.4, -0.2) is 13.2 Å². The Hall–Kier alpha value is -3.26. The van der Waals surface area contributed by atoms with Crippen LogP contribution < -0.4 is 9.47 Å². The van der Waals surface area contributed by atoms with Crippen molar-refractivity contribution >= 4 is 10.8 Å². The highest BCUT2D eigenvalue weighted by Crippen LogP contribution is 2.40. The largest absolute Gasteiger partial charge is 0.492 e. The van der Waals surface area contributed by atoms with Crippen LogP contribution in [-0.2, 0) is 12.8 Å². The molecule has 0 fully saturated rings. The van der Waals surface area contributed by atoms with Crippen LogP contribution in [0.3, 0.4) is 0 Å². The second kappa shape index (κ2) is 9.49. The lowest BCUT2D eigenvalue weighted by Gasteiger charge is -2.19. The van der Waals surface area contributed by atoms with Gasteiger partial charge in [0.25, 0.3) is 0 Å². The fourth-order valence-corrected chi connectivity index (χ4v) is 3.83. The predicted octanol–water partition coefficient (Wildman–Crippen LogP) is 6.70. The van der Waals surface area contributed by atoms with Crippen LogP contribution in [0.25, 0.3) is 10.8 Å².